The van der Waals surface area contributed by atoms with E-state index >= 15 is 0 Å². The highest BCUT2D eigenvalue weighted by atomic mass is 35.5. The van der Waals surface area contributed by atoms with Crippen molar-refractivity contribution in [2.45, 2.75) is 13.0 Å². The molecule has 3 heteroatoms. The van der Waals surface area contributed by atoms with Crippen LogP contribution in [0.25, 0.3) is 11.1 Å². The van der Waals surface area contributed by atoms with E-state index < -0.39 is 0 Å². The lowest BCUT2D eigenvalue weighted by Gasteiger charge is -2.25. The third-order valence-corrected chi connectivity index (χ3v) is 3.38. The molecule has 2 aromatic carbocycles. The second kappa shape index (κ2) is 4.54. The molecule has 1 aliphatic heterocycles. The summed E-state index contributed by atoms with van der Waals surface area (Å²) >= 11 is 6.22. The second-order valence-electron chi connectivity index (χ2n) is 4.55. The number of hydrogen-bond donors (Lipinski definition) is 1. The molecule has 0 amide bonds. The largest absolute Gasteiger partial charge is 0.489 e. The fourth-order valence-electron chi connectivity index (χ4n) is 2.15. The van der Waals surface area contributed by atoms with Crippen LogP contribution >= 0.6 is 11.6 Å². The zero-order chi connectivity index (χ0) is 12.5. The minimum absolute atomic E-state index is 0.332. The molecule has 2 aromatic rings. The molecule has 0 spiro atoms. The molecule has 1 unspecified atom stereocenters. The lowest BCUT2D eigenvalue weighted by Crippen LogP contribution is -2.28. The predicted molar refractivity (Wildman–Crippen MR) is 75.5 cm³/mol. The SMILES string of the molecule is CC1COc2ccc(-c3ccccc3Cl)cc2N1. The summed E-state index contributed by atoms with van der Waals surface area (Å²) in [5.74, 6) is 0.906. The maximum atomic E-state index is 6.22. The molecule has 0 fully saturated rings. The maximum Gasteiger partial charge on any atom is 0.142 e. The smallest absolute Gasteiger partial charge is 0.142 e. The van der Waals surface area contributed by atoms with Crippen molar-refractivity contribution in [2.75, 3.05) is 11.9 Å². The highest BCUT2D eigenvalue weighted by Gasteiger charge is 2.16. The fraction of sp³-hybridized carbons (Fsp3) is 0.200. The van der Waals surface area contributed by atoms with E-state index in [1.165, 1.54) is 0 Å². The summed E-state index contributed by atoms with van der Waals surface area (Å²) in [4.78, 5) is 0. The average molecular weight is 260 g/mol. The van der Waals surface area contributed by atoms with Gasteiger partial charge >= 0.3 is 0 Å². The summed E-state index contributed by atoms with van der Waals surface area (Å²) < 4.78 is 5.66. The first kappa shape index (κ1) is 11.4. The summed E-state index contributed by atoms with van der Waals surface area (Å²) in [6, 6.07) is 14.3. The first-order valence-corrected chi connectivity index (χ1v) is 6.40. The lowest BCUT2D eigenvalue weighted by molar-refractivity contribution is 0.292. The van der Waals surface area contributed by atoms with Crippen LogP contribution < -0.4 is 10.1 Å². The molecule has 0 bridgehead atoms. The Balaban J connectivity index is 2.05. The first-order chi connectivity index (χ1) is 8.74. The van der Waals surface area contributed by atoms with Gasteiger partial charge in [0.1, 0.15) is 12.4 Å². The van der Waals surface area contributed by atoms with Crippen molar-refractivity contribution >= 4 is 17.3 Å². The Kier molecular flexibility index (Phi) is 2.88. The maximum absolute atomic E-state index is 6.22. The van der Waals surface area contributed by atoms with Crippen LogP contribution in [0.5, 0.6) is 5.75 Å². The van der Waals surface area contributed by atoms with Gasteiger partial charge in [-0.2, -0.15) is 0 Å². The van der Waals surface area contributed by atoms with Crippen LogP contribution in [0.2, 0.25) is 5.02 Å². The molecular weight excluding hydrogens is 246 g/mol. The molecule has 1 heterocycles. The predicted octanol–water partition coefficient (Wildman–Crippen LogP) is 4.20. The molecule has 1 N–H and O–H groups in total. The second-order valence-corrected chi connectivity index (χ2v) is 4.95. The summed E-state index contributed by atoms with van der Waals surface area (Å²) in [6.45, 7) is 2.81. The molecular formula is C15H14ClNO. The number of benzene rings is 2. The van der Waals surface area contributed by atoms with Gasteiger partial charge in [-0.05, 0) is 30.7 Å². The highest BCUT2D eigenvalue weighted by Crippen LogP contribution is 2.35. The van der Waals surface area contributed by atoms with Gasteiger partial charge in [0.05, 0.1) is 11.7 Å². The molecule has 0 aliphatic carbocycles. The van der Waals surface area contributed by atoms with Crippen molar-refractivity contribution in [1.29, 1.82) is 0 Å². The monoisotopic (exact) mass is 259 g/mol. The first-order valence-electron chi connectivity index (χ1n) is 6.02. The van der Waals surface area contributed by atoms with Gasteiger partial charge in [-0.3, -0.25) is 0 Å². The van der Waals surface area contributed by atoms with Crippen molar-refractivity contribution < 1.29 is 4.74 Å². The van der Waals surface area contributed by atoms with Gasteiger partial charge in [0, 0.05) is 10.6 Å². The third kappa shape index (κ3) is 2.04. The number of anilines is 1. The third-order valence-electron chi connectivity index (χ3n) is 3.06. The van der Waals surface area contributed by atoms with Crippen LogP contribution in [0.1, 0.15) is 6.92 Å². The van der Waals surface area contributed by atoms with Crippen molar-refractivity contribution in [3.8, 4) is 16.9 Å². The van der Waals surface area contributed by atoms with E-state index in [0.29, 0.717) is 12.6 Å². The Hall–Kier alpha value is -1.67. The molecule has 0 radical (unpaired) electrons. The van der Waals surface area contributed by atoms with Crippen LogP contribution in [-0.4, -0.2) is 12.6 Å². The van der Waals surface area contributed by atoms with Crippen LogP contribution in [0.3, 0.4) is 0 Å². The number of rotatable bonds is 1. The normalized spacial score (nSPS) is 17.6. The minimum Gasteiger partial charge on any atom is -0.489 e. The van der Waals surface area contributed by atoms with Gasteiger partial charge in [0.15, 0.2) is 0 Å². The summed E-state index contributed by atoms with van der Waals surface area (Å²) in [5.41, 5.74) is 3.18. The van der Waals surface area contributed by atoms with E-state index in [4.69, 9.17) is 16.3 Å². The minimum atomic E-state index is 0.332. The van der Waals surface area contributed by atoms with Gasteiger partial charge in [0.25, 0.3) is 0 Å². The Labute approximate surface area is 112 Å². The summed E-state index contributed by atoms with van der Waals surface area (Å²) in [6.07, 6.45) is 0. The Morgan fingerprint density at radius 1 is 1.22 bits per heavy atom. The van der Waals surface area contributed by atoms with Crippen molar-refractivity contribution in [3.05, 3.63) is 47.5 Å². The van der Waals surface area contributed by atoms with E-state index in [2.05, 4.69) is 18.3 Å². The van der Waals surface area contributed by atoms with Crippen LogP contribution in [-0.2, 0) is 0 Å². The Morgan fingerprint density at radius 2 is 2.06 bits per heavy atom. The zero-order valence-electron chi connectivity index (χ0n) is 10.1. The molecule has 0 saturated heterocycles. The fourth-order valence-corrected chi connectivity index (χ4v) is 2.40. The van der Waals surface area contributed by atoms with Crippen LogP contribution in [0.15, 0.2) is 42.5 Å². The molecule has 3 rings (SSSR count). The van der Waals surface area contributed by atoms with Crippen LogP contribution in [0.4, 0.5) is 5.69 Å². The van der Waals surface area contributed by atoms with Gasteiger partial charge in [-0.1, -0.05) is 35.9 Å². The van der Waals surface area contributed by atoms with Gasteiger partial charge < -0.3 is 10.1 Å². The zero-order valence-corrected chi connectivity index (χ0v) is 10.9. The standard InChI is InChI=1S/C15H14ClNO/c1-10-9-18-15-7-6-11(8-14(15)17-10)12-4-2-3-5-13(12)16/h2-8,10,17H,9H2,1H3. The van der Waals surface area contributed by atoms with E-state index in [9.17, 15) is 0 Å². The van der Waals surface area contributed by atoms with E-state index in [0.717, 1.165) is 27.6 Å². The topological polar surface area (TPSA) is 21.3 Å². The molecule has 0 saturated carbocycles. The molecule has 0 aromatic heterocycles. The Morgan fingerprint density at radius 3 is 2.89 bits per heavy atom. The van der Waals surface area contributed by atoms with Crippen molar-refractivity contribution in [3.63, 3.8) is 0 Å². The number of hydrogen-bond acceptors (Lipinski definition) is 2. The summed E-state index contributed by atoms with van der Waals surface area (Å²) in [5, 5.41) is 4.19. The number of nitrogens with one attached hydrogen (secondary N) is 1. The molecule has 1 atom stereocenters. The van der Waals surface area contributed by atoms with E-state index in [-0.39, 0.29) is 0 Å². The molecule has 1 aliphatic rings. The van der Waals surface area contributed by atoms with Gasteiger partial charge in [0.2, 0.25) is 0 Å². The van der Waals surface area contributed by atoms with Crippen molar-refractivity contribution in [2.24, 2.45) is 0 Å². The summed E-state index contributed by atoms with van der Waals surface area (Å²) in [7, 11) is 0. The van der Waals surface area contributed by atoms with E-state index in [1.807, 2.05) is 36.4 Å². The number of fused-ring (bicyclic) bond motifs is 1. The van der Waals surface area contributed by atoms with Gasteiger partial charge in [-0.15, -0.1) is 0 Å². The van der Waals surface area contributed by atoms with Crippen molar-refractivity contribution in [1.82, 2.24) is 0 Å². The van der Waals surface area contributed by atoms with E-state index in [1.54, 1.807) is 0 Å². The van der Waals surface area contributed by atoms with Gasteiger partial charge in [-0.25, -0.2) is 0 Å². The number of ether oxygens (including phenoxy) is 1. The Bertz CT molecular complexity index is 582. The molecule has 92 valence electrons. The number of halogens is 1. The molecule has 18 heavy (non-hydrogen) atoms. The highest BCUT2D eigenvalue weighted by molar-refractivity contribution is 6.33. The lowest BCUT2D eigenvalue weighted by atomic mass is 10.0. The van der Waals surface area contributed by atoms with Crippen LogP contribution in [0, 0.1) is 0 Å². The molecule has 2 nitrogen and oxygen atoms in total. The quantitative estimate of drug-likeness (QED) is 0.829. The average Bonchev–Trinajstić information content (AvgIpc) is 2.38.